The molecule has 2 saturated heterocycles. The van der Waals surface area contributed by atoms with Gasteiger partial charge >= 0.3 is 5.97 Å². The Hall–Kier alpha value is -1.39. The predicted octanol–water partition coefficient (Wildman–Crippen LogP) is 2.15. The van der Waals surface area contributed by atoms with Crippen molar-refractivity contribution in [2.45, 2.75) is 38.3 Å². The van der Waals surface area contributed by atoms with Crippen LogP contribution >= 0.6 is 0 Å². The van der Waals surface area contributed by atoms with E-state index in [1.54, 1.807) is 0 Å². The lowest BCUT2D eigenvalue weighted by Gasteiger charge is -2.40. The number of carboxylic acids is 1. The second-order valence-corrected chi connectivity index (χ2v) is 6.12. The summed E-state index contributed by atoms with van der Waals surface area (Å²) in [5.74, 6) is -0.720. The molecule has 0 amide bonds. The van der Waals surface area contributed by atoms with Gasteiger partial charge in [0.1, 0.15) is 6.04 Å². The number of piperazine rings is 1. The minimum atomic E-state index is -0.720. The molecule has 21 heavy (non-hydrogen) atoms. The minimum absolute atomic E-state index is 0.496. The highest BCUT2D eigenvalue weighted by Gasteiger charge is 2.37. The summed E-state index contributed by atoms with van der Waals surface area (Å²) in [6.45, 7) is 6.01. The van der Waals surface area contributed by atoms with Crippen LogP contribution in [0.5, 0.6) is 0 Å². The maximum Gasteiger partial charge on any atom is 0.325 e. The lowest BCUT2D eigenvalue weighted by Crippen LogP contribution is -2.52. The second kappa shape index (κ2) is 6.16. The van der Waals surface area contributed by atoms with E-state index >= 15 is 0 Å². The molecule has 0 bridgehead atoms. The summed E-state index contributed by atoms with van der Waals surface area (Å²) in [7, 11) is 0. The van der Waals surface area contributed by atoms with Gasteiger partial charge in [0.25, 0.3) is 0 Å². The highest BCUT2D eigenvalue weighted by molar-refractivity contribution is 5.76. The summed E-state index contributed by atoms with van der Waals surface area (Å²) in [5, 5.41) is 9.78. The molecule has 1 unspecified atom stereocenters. The number of aliphatic carboxylic acids is 1. The second-order valence-electron chi connectivity index (χ2n) is 6.12. The molecule has 2 aliphatic heterocycles. The van der Waals surface area contributed by atoms with Crippen molar-refractivity contribution in [3.05, 3.63) is 35.4 Å². The van der Waals surface area contributed by atoms with Gasteiger partial charge in [-0.25, -0.2) is 0 Å². The summed E-state index contributed by atoms with van der Waals surface area (Å²) in [6, 6.07) is 8.04. The molecule has 4 heteroatoms. The molecular formula is C17H24N2O2. The summed E-state index contributed by atoms with van der Waals surface area (Å²) in [6.07, 6.45) is 3.34. The topological polar surface area (TPSA) is 43.8 Å². The number of aryl methyl sites for hydroxylation is 1. The van der Waals surface area contributed by atoms with Gasteiger partial charge in [0.15, 0.2) is 0 Å². The van der Waals surface area contributed by atoms with Gasteiger partial charge in [-0.2, -0.15) is 0 Å². The van der Waals surface area contributed by atoms with Crippen molar-refractivity contribution in [2.75, 3.05) is 26.2 Å². The van der Waals surface area contributed by atoms with E-state index in [2.05, 4.69) is 22.8 Å². The van der Waals surface area contributed by atoms with Crippen LogP contribution < -0.4 is 0 Å². The number of hydrogen-bond donors (Lipinski definition) is 1. The van der Waals surface area contributed by atoms with E-state index in [1.807, 2.05) is 18.2 Å². The van der Waals surface area contributed by atoms with E-state index in [0.717, 1.165) is 37.2 Å². The Morgan fingerprint density at radius 1 is 1.33 bits per heavy atom. The fourth-order valence-electron chi connectivity index (χ4n) is 3.86. The molecule has 1 aromatic rings. The van der Waals surface area contributed by atoms with Gasteiger partial charge in [-0.15, -0.1) is 0 Å². The van der Waals surface area contributed by atoms with Crippen molar-refractivity contribution in [3.63, 3.8) is 0 Å². The van der Waals surface area contributed by atoms with Crippen LogP contribution in [-0.2, 0) is 11.2 Å². The number of benzene rings is 1. The minimum Gasteiger partial charge on any atom is -0.480 e. The summed E-state index contributed by atoms with van der Waals surface area (Å²) < 4.78 is 0. The Balaban J connectivity index is 1.86. The number of nitrogens with zero attached hydrogens (tertiary/aromatic N) is 2. The molecule has 2 aliphatic rings. The van der Waals surface area contributed by atoms with Crippen molar-refractivity contribution < 1.29 is 9.90 Å². The van der Waals surface area contributed by atoms with Gasteiger partial charge in [-0.3, -0.25) is 14.6 Å². The molecule has 0 saturated carbocycles. The fourth-order valence-corrected chi connectivity index (χ4v) is 3.86. The van der Waals surface area contributed by atoms with Crippen molar-refractivity contribution >= 4 is 5.97 Å². The third-order valence-corrected chi connectivity index (χ3v) is 4.95. The average molecular weight is 288 g/mol. The fraction of sp³-hybridized carbons (Fsp3) is 0.588. The maximum atomic E-state index is 11.9. The smallest absolute Gasteiger partial charge is 0.325 e. The Kier molecular flexibility index (Phi) is 4.27. The van der Waals surface area contributed by atoms with Crippen LogP contribution in [0.4, 0.5) is 0 Å². The zero-order valence-corrected chi connectivity index (χ0v) is 12.7. The molecule has 2 fully saturated rings. The first-order valence-corrected chi connectivity index (χ1v) is 7.99. The molecule has 114 valence electrons. The Labute approximate surface area is 126 Å². The van der Waals surface area contributed by atoms with Crippen molar-refractivity contribution in [3.8, 4) is 0 Å². The van der Waals surface area contributed by atoms with Crippen LogP contribution in [-0.4, -0.2) is 53.1 Å². The van der Waals surface area contributed by atoms with Gasteiger partial charge in [0.2, 0.25) is 0 Å². The number of carboxylic acid groups (broad SMARTS) is 1. The maximum absolute atomic E-state index is 11.9. The molecule has 2 heterocycles. The van der Waals surface area contributed by atoms with Gasteiger partial charge in [0, 0.05) is 25.7 Å². The predicted molar refractivity (Wildman–Crippen MR) is 82.4 cm³/mol. The molecule has 3 rings (SSSR count). The van der Waals surface area contributed by atoms with Crippen molar-refractivity contribution in [2.24, 2.45) is 0 Å². The average Bonchev–Trinajstić information content (AvgIpc) is 2.95. The molecule has 4 nitrogen and oxygen atoms in total. The van der Waals surface area contributed by atoms with Crippen LogP contribution in [0.25, 0.3) is 0 Å². The first-order chi connectivity index (χ1) is 10.2. The van der Waals surface area contributed by atoms with Crippen LogP contribution in [0.2, 0.25) is 0 Å². The van der Waals surface area contributed by atoms with Crippen LogP contribution in [0, 0.1) is 0 Å². The van der Waals surface area contributed by atoms with Crippen molar-refractivity contribution in [1.29, 1.82) is 0 Å². The van der Waals surface area contributed by atoms with E-state index in [-0.39, 0.29) is 0 Å². The van der Waals surface area contributed by atoms with E-state index < -0.39 is 12.0 Å². The zero-order valence-electron chi connectivity index (χ0n) is 12.7. The number of carbonyl (C=O) groups is 1. The third-order valence-electron chi connectivity index (χ3n) is 4.95. The van der Waals surface area contributed by atoms with Gasteiger partial charge in [0.05, 0.1) is 0 Å². The van der Waals surface area contributed by atoms with Gasteiger partial charge < -0.3 is 5.11 Å². The summed E-state index contributed by atoms with van der Waals surface area (Å²) in [4.78, 5) is 16.6. The van der Waals surface area contributed by atoms with Gasteiger partial charge in [-0.1, -0.05) is 31.2 Å². The molecule has 0 radical (unpaired) electrons. The molecular weight excluding hydrogens is 264 g/mol. The third kappa shape index (κ3) is 2.83. The number of hydrogen-bond acceptors (Lipinski definition) is 3. The standard InChI is InChI=1S/C17H24N2O2/c1-2-13-6-3-4-8-15(13)16(17(20)21)19-11-10-18-9-5-7-14(18)12-19/h3-4,6,8,14,16H,2,5,7,9-12H2,1H3,(H,20,21)/t14-,16?/m1/s1. The lowest BCUT2D eigenvalue weighted by atomic mass is 9.96. The molecule has 0 aliphatic carbocycles. The van der Waals surface area contributed by atoms with Crippen LogP contribution in [0.15, 0.2) is 24.3 Å². The first kappa shape index (κ1) is 14.5. The van der Waals surface area contributed by atoms with Crippen LogP contribution in [0.1, 0.15) is 36.9 Å². The Morgan fingerprint density at radius 3 is 2.90 bits per heavy atom. The molecule has 0 aromatic heterocycles. The summed E-state index contributed by atoms with van der Waals surface area (Å²) >= 11 is 0. The zero-order chi connectivity index (χ0) is 14.8. The quantitative estimate of drug-likeness (QED) is 0.922. The first-order valence-electron chi connectivity index (χ1n) is 7.99. The molecule has 0 spiro atoms. The van der Waals surface area contributed by atoms with E-state index in [0.29, 0.717) is 6.04 Å². The monoisotopic (exact) mass is 288 g/mol. The Morgan fingerprint density at radius 2 is 2.14 bits per heavy atom. The largest absolute Gasteiger partial charge is 0.480 e. The lowest BCUT2D eigenvalue weighted by molar-refractivity contribution is -0.144. The number of fused-ring (bicyclic) bond motifs is 1. The molecule has 2 atom stereocenters. The molecule has 1 aromatic carbocycles. The summed E-state index contributed by atoms with van der Waals surface area (Å²) in [5.41, 5.74) is 2.12. The highest BCUT2D eigenvalue weighted by Crippen LogP contribution is 2.30. The van der Waals surface area contributed by atoms with Gasteiger partial charge in [-0.05, 0) is 36.9 Å². The van der Waals surface area contributed by atoms with E-state index in [4.69, 9.17) is 0 Å². The highest BCUT2D eigenvalue weighted by atomic mass is 16.4. The Bertz CT molecular complexity index is 517. The van der Waals surface area contributed by atoms with E-state index in [9.17, 15) is 9.90 Å². The normalized spacial score (nSPS) is 24.7. The van der Waals surface area contributed by atoms with Crippen molar-refractivity contribution in [1.82, 2.24) is 9.80 Å². The number of rotatable bonds is 4. The SMILES string of the molecule is CCc1ccccc1C(C(=O)O)N1CCN2CCC[C@@H]2C1. The van der Waals surface area contributed by atoms with Crippen LogP contribution in [0.3, 0.4) is 0 Å². The molecule has 1 N–H and O–H groups in total. The van der Waals surface area contributed by atoms with E-state index in [1.165, 1.54) is 19.4 Å².